The first kappa shape index (κ1) is 10.9. The van der Waals surface area contributed by atoms with Gasteiger partial charge in [0.2, 0.25) is 5.91 Å². The van der Waals surface area contributed by atoms with Crippen LogP contribution in [-0.2, 0) is 9.63 Å². The topological polar surface area (TPSA) is 29.5 Å². The van der Waals surface area contributed by atoms with Crippen LogP contribution in [0.1, 0.15) is 19.3 Å². The standard InChI is InChI=1S/C9H17NO2S/c1-10(12-2)9(11)7-8-3-5-13-6-4-8/h8H,3-7H2,1-2H3. The predicted octanol–water partition coefficient (Wildman–Crippen LogP) is 1.54. The Balaban J connectivity index is 2.26. The van der Waals surface area contributed by atoms with Crippen LogP contribution >= 0.6 is 11.8 Å². The van der Waals surface area contributed by atoms with E-state index in [0.29, 0.717) is 12.3 Å². The molecule has 13 heavy (non-hydrogen) atoms. The van der Waals surface area contributed by atoms with Crippen LogP contribution in [0, 0.1) is 5.92 Å². The van der Waals surface area contributed by atoms with E-state index < -0.39 is 0 Å². The minimum absolute atomic E-state index is 0.0967. The molecule has 0 aromatic heterocycles. The summed E-state index contributed by atoms with van der Waals surface area (Å²) in [6.45, 7) is 0. The van der Waals surface area contributed by atoms with Crippen molar-refractivity contribution in [1.29, 1.82) is 0 Å². The van der Waals surface area contributed by atoms with Crippen LogP contribution < -0.4 is 0 Å². The quantitative estimate of drug-likeness (QED) is 0.652. The van der Waals surface area contributed by atoms with Gasteiger partial charge in [-0.15, -0.1) is 0 Å². The second-order valence-corrected chi connectivity index (χ2v) is 4.56. The summed E-state index contributed by atoms with van der Waals surface area (Å²) in [6, 6.07) is 0. The Morgan fingerprint density at radius 2 is 2.15 bits per heavy atom. The van der Waals surface area contributed by atoms with Gasteiger partial charge >= 0.3 is 0 Å². The van der Waals surface area contributed by atoms with Crippen molar-refractivity contribution >= 4 is 17.7 Å². The fourth-order valence-electron chi connectivity index (χ4n) is 1.43. The first-order valence-electron chi connectivity index (χ1n) is 4.62. The molecule has 0 radical (unpaired) electrons. The van der Waals surface area contributed by atoms with E-state index in [1.807, 2.05) is 11.8 Å². The average molecular weight is 203 g/mol. The molecule has 1 aliphatic heterocycles. The van der Waals surface area contributed by atoms with Crippen LogP contribution in [0.3, 0.4) is 0 Å². The summed E-state index contributed by atoms with van der Waals surface area (Å²) in [5, 5.41) is 1.32. The van der Waals surface area contributed by atoms with Crippen LogP contribution in [0.25, 0.3) is 0 Å². The zero-order valence-electron chi connectivity index (χ0n) is 8.28. The number of carbonyl (C=O) groups excluding carboxylic acids is 1. The van der Waals surface area contributed by atoms with Crippen LogP contribution in [0.2, 0.25) is 0 Å². The molecule has 0 aromatic carbocycles. The fourth-order valence-corrected chi connectivity index (χ4v) is 2.63. The van der Waals surface area contributed by atoms with Crippen molar-refractivity contribution in [1.82, 2.24) is 5.06 Å². The van der Waals surface area contributed by atoms with Crippen molar-refractivity contribution in [2.75, 3.05) is 25.7 Å². The number of hydroxylamine groups is 2. The third-order valence-corrected chi connectivity index (χ3v) is 3.48. The molecule has 0 saturated carbocycles. The molecule has 1 rings (SSSR count). The Morgan fingerprint density at radius 1 is 1.54 bits per heavy atom. The number of carbonyl (C=O) groups is 1. The normalized spacial score (nSPS) is 18.6. The van der Waals surface area contributed by atoms with Crippen molar-refractivity contribution in [3.8, 4) is 0 Å². The number of amides is 1. The molecule has 76 valence electrons. The molecule has 0 bridgehead atoms. The maximum absolute atomic E-state index is 11.4. The van der Waals surface area contributed by atoms with E-state index in [1.165, 1.54) is 36.5 Å². The van der Waals surface area contributed by atoms with Crippen LogP contribution in [0.15, 0.2) is 0 Å². The Morgan fingerprint density at radius 3 is 2.69 bits per heavy atom. The number of hydrogen-bond donors (Lipinski definition) is 0. The molecule has 1 heterocycles. The molecule has 1 aliphatic rings. The van der Waals surface area contributed by atoms with E-state index in [0.717, 1.165) is 0 Å². The Kier molecular flexibility index (Phi) is 4.59. The fraction of sp³-hybridized carbons (Fsp3) is 0.889. The van der Waals surface area contributed by atoms with E-state index in [2.05, 4.69) is 0 Å². The first-order chi connectivity index (χ1) is 6.24. The van der Waals surface area contributed by atoms with E-state index in [1.54, 1.807) is 7.05 Å². The zero-order valence-corrected chi connectivity index (χ0v) is 9.10. The Bertz CT molecular complexity index is 169. The second kappa shape index (κ2) is 5.50. The summed E-state index contributed by atoms with van der Waals surface area (Å²) < 4.78 is 0. The summed E-state index contributed by atoms with van der Waals surface area (Å²) >= 11 is 1.98. The van der Waals surface area contributed by atoms with Crippen molar-refractivity contribution in [2.24, 2.45) is 5.92 Å². The summed E-state index contributed by atoms with van der Waals surface area (Å²) in [4.78, 5) is 16.3. The average Bonchev–Trinajstić information content (AvgIpc) is 2.18. The number of hydrogen-bond acceptors (Lipinski definition) is 3. The zero-order chi connectivity index (χ0) is 9.68. The summed E-state index contributed by atoms with van der Waals surface area (Å²) in [5.41, 5.74) is 0. The van der Waals surface area contributed by atoms with Gasteiger partial charge in [-0.05, 0) is 30.3 Å². The predicted molar refractivity (Wildman–Crippen MR) is 54.4 cm³/mol. The molecular weight excluding hydrogens is 186 g/mol. The van der Waals surface area contributed by atoms with Gasteiger partial charge in [0.05, 0.1) is 7.11 Å². The lowest BCUT2D eigenvalue weighted by Gasteiger charge is -2.22. The monoisotopic (exact) mass is 203 g/mol. The highest BCUT2D eigenvalue weighted by Gasteiger charge is 2.19. The smallest absolute Gasteiger partial charge is 0.246 e. The number of rotatable bonds is 3. The molecule has 1 fully saturated rings. The van der Waals surface area contributed by atoms with Gasteiger partial charge in [-0.2, -0.15) is 11.8 Å². The van der Waals surface area contributed by atoms with E-state index in [-0.39, 0.29) is 5.91 Å². The number of nitrogens with zero attached hydrogens (tertiary/aromatic N) is 1. The molecule has 0 spiro atoms. The van der Waals surface area contributed by atoms with Gasteiger partial charge in [0.1, 0.15) is 0 Å². The van der Waals surface area contributed by atoms with Crippen LogP contribution in [-0.4, -0.2) is 36.6 Å². The molecule has 4 heteroatoms. The lowest BCUT2D eigenvalue weighted by Crippen LogP contribution is -2.28. The first-order valence-corrected chi connectivity index (χ1v) is 5.78. The maximum atomic E-state index is 11.4. The van der Waals surface area contributed by atoms with E-state index in [4.69, 9.17) is 4.84 Å². The van der Waals surface area contributed by atoms with E-state index >= 15 is 0 Å². The molecule has 0 aliphatic carbocycles. The minimum atomic E-state index is 0.0967. The van der Waals surface area contributed by atoms with Crippen molar-refractivity contribution in [3.63, 3.8) is 0 Å². The van der Waals surface area contributed by atoms with Gasteiger partial charge in [-0.1, -0.05) is 0 Å². The lowest BCUT2D eigenvalue weighted by atomic mass is 9.98. The molecule has 1 saturated heterocycles. The van der Waals surface area contributed by atoms with Gasteiger partial charge in [-0.25, -0.2) is 5.06 Å². The van der Waals surface area contributed by atoms with Gasteiger partial charge < -0.3 is 0 Å². The number of thioether (sulfide) groups is 1. The molecular formula is C9H17NO2S. The SMILES string of the molecule is CON(C)C(=O)CC1CCSCC1. The third-order valence-electron chi connectivity index (χ3n) is 2.43. The van der Waals surface area contributed by atoms with Crippen molar-refractivity contribution in [2.45, 2.75) is 19.3 Å². The summed E-state index contributed by atoms with van der Waals surface area (Å²) in [5.74, 6) is 3.08. The largest absolute Gasteiger partial charge is 0.275 e. The van der Waals surface area contributed by atoms with Crippen molar-refractivity contribution in [3.05, 3.63) is 0 Å². The molecule has 3 nitrogen and oxygen atoms in total. The highest BCUT2D eigenvalue weighted by molar-refractivity contribution is 7.99. The highest BCUT2D eigenvalue weighted by atomic mass is 32.2. The molecule has 0 aromatic rings. The minimum Gasteiger partial charge on any atom is -0.275 e. The molecule has 1 amide bonds. The van der Waals surface area contributed by atoms with E-state index in [9.17, 15) is 4.79 Å². The van der Waals surface area contributed by atoms with Gasteiger partial charge in [0.25, 0.3) is 0 Å². The third kappa shape index (κ3) is 3.56. The van der Waals surface area contributed by atoms with Crippen LogP contribution in [0.4, 0.5) is 0 Å². The Labute approximate surface area is 83.8 Å². The Hall–Kier alpha value is -0.220. The highest BCUT2D eigenvalue weighted by Crippen LogP contribution is 2.25. The molecule has 0 atom stereocenters. The maximum Gasteiger partial charge on any atom is 0.246 e. The molecule has 0 unspecified atom stereocenters. The molecule has 0 N–H and O–H groups in total. The van der Waals surface area contributed by atoms with Gasteiger partial charge in [0, 0.05) is 13.5 Å². The van der Waals surface area contributed by atoms with Gasteiger partial charge in [-0.3, -0.25) is 9.63 Å². The van der Waals surface area contributed by atoms with Crippen LogP contribution in [0.5, 0.6) is 0 Å². The summed E-state index contributed by atoms with van der Waals surface area (Å²) in [6.07, 6.45) is 2.99. The lowest BCUT2D eigenvalue weighted by molar-refractivity contribution is -0.169. The van der Waals surface area contributed by atoms with Crippen molar-refractivity contribution < 1.29 is 9.63 Å². The second-order valence-electron chi connectivity index (χ2n) is 3.33. The van der Waals surface area contributed by atoms with Gasteiger partial charge in [0.15, 0.2) is 0 Å². The summed E-state index contributed by atoms with van der Waals surface area (Å²) in [7, 11) is 3.19.